The summed E-state index contributed by atoms with van der Waals surface area (Å²) in [4.78, 5) is 37.5. The lowest BCUT2D eigenvalue weighted by molar-refractivity contribution is 0.0127. The predicted octanol–water partition coefficient (Wildman–Crippen LogP) is 0.706. The minimum atomic E-state index is -0.501. The van der Waals surface area contributed by atoms with E-state index in [-0.39, 0.29) is 18.6 Å². The Morgan fingerprint density at radius 3 is 2.62 bits per heavy atom. The smallest absolute Gasteiger partial charge is 0.338 e. The van der Waals surface area contributed by atoms with Gasteiger partial charge >= 0.3 is 11.7 Å². The molecule has 1 saturated carbocycles. The lowest BCUT2D eigenvalue weighted by Gasteiger charge is -2.17. The molecule has 1 aliphatic carbocycles. The number of carbonyl (C=O) groups is 1. The molecule has 1 aromatic carbocycles. The topological polar surface area (TPSA) is 101 Å². The van der Waals surface area contributed by atoms with Crippen LogP contribution in [0.1, 0.15) is 29.2 Å². The van der Waals surface area contributed by atoms with Gasteiger partial charge in [0.15, 0.2) is 0 Å². The fourth-order valence-electron chi connectivity index (χ4n) is 3.12. The fraction of sp³-hybridized carbons (Fsp3) is 0.353. The average molecular weight is 330 g/mol. The van der Waals surface area contributed by atoms with Crippen molar-refractivity contribution in [3.05, 3.63) is 69.0 Å². The highest BCUT2D eigenvalue weighted by Gasteiger charge is 2.37. The molecule has 7 nitrogen and oxygen atoms in total. The standard InChI is InChI=1S/C17H18N2O5/c20-10-12-8-13(19-7-6-15(21)18-17(19)23)9-14(12)24-16(22)11-4-2-1-3-5-11/h1-7,12-14,20H,8-10H2,(H,18,21,23)/t12-,13-,14+/m0/s1. The summed E-state index contributed by atoms with van der Waals surface area (Å²) in [7, 11) is 0. The van der Waals surface area contributed by atoms with Crippen LogP contribution < -0.4 is 11.2 Å². The minimum absolute atomic E-state index is 0.138. The van der Waals surface area contributed by atoms with Crippen LogP contribution in [0.15, 0.2) is 52.2 Å². The first kappa shape index (κ1) is 16.2. The van der Waals surface area contributed by atoms with E-state index in [2.05, 4.69) is 4.98 Å². The van der Waals surface area contributed by atoms with Gasteiger partial charge in [-0.3, -0.25) is 14.3 Å². The second kappa shape index (κ2) is 6.84. The Morgan fingerprint density at radius 1 is 1.21 bits per heavy atom. The number of aliphatic hydroxyl groups excluding tert-OH is 1. The molecule has 1 aromatic heterocycles. The molecule has 0 unspecified atom stereocenters. The van der Waals surface area contributed by atoms with E-state index in [9.17, 15) is 19.5 Å². The molecule has 3 rings (SSSR count). The summed E-state index contributed by atoms with van der Waals surface area (Å²) in [5.41, 5.74) is -0.516. The van der Waals surface area contributed by atoms with Crippen LogP contribution in [0.25, 0.3) is 0 Å². The van der Waals surface area contributed by atoms with Crippen LogP contribution in [0.3, 0.4) is 0 Å². The molecule has 1 fully saturated rings. The lowest BCUT2D eigenvalue weighted by Crippen LogP contribution is -2.31. The second-order valence-corrected chi connectivity index (χ2v) is 5.90. The zero-order valence-corrected chi connectivity index (χ0v) is 12.9. The number of aromatic nitrogens is 2. The predicted molar refractivity (Wildman–Crippen MR) is 85.8 cm³/mol. The van der Waals surface area contributed by atoms with Crippen molar-refractivity contribution in [2.24, 2.45) is 5.92 Å². The number of esters is 1. The molecule has 1 aliphatic rings. The Kier molecular flexibility index (Phi) is 4.61. The largest absolute Gasteiger partial charge is 0.458 e. The van der Waals surface area contributed by atoms with Gasteiger partial charge in [0.05, 0.1) is 5.56 Å². The van der Waals surface area contributed by atoms with Gasteiger partial charge in [0, 0.05) is 37.3 Å². The molecule has 0 bridgehead atoms. The highest BCUT2D eigenvalue weighted by molar-refractivity contribution is 5.89. The summed E-state index contributed by atoms with van der Waals surface area (Å²) in [6.45, 7) is -0.138. The van der Waals surface area contributed by atoms with E-state index in [1.165, 1.54) is 16.8 Å². The monoisotopic (exact) mass is 330 g/mol. The number of aromatic amines is 1. The second-order valence-electron chi connectivity index (χ2n) is 5.90. The zero-order chi connectivity index (χ0) is 17.1. The number of rotatable bonds is 4. The number of hydrogen-bond acceptors (Lipinski definition) is 5. The maximum Gasteiger partial charge on any atom is 0.338 e. The van der Waals surface area contributed by atoms with E-state index in [1.807, 2.05) is 6.07 Å². The van der Waals surface area contributed by atoms with Crippen molar-refractivity contribution in [1.29, 1.82) is 0 Å². The number of benzene rings is 1. The van der Waals surface area contributed by atoms with Gasteiger partial charge in [0.25, 0.3) is 5.56 Å². The number of H-pyrrole nitrogens is 1. The highest BCUT2D eigenvalue weighted by Crippen LogP contribution is 2.36. The first-order chi connectivity index (χ1) is 11.6. The van der Waals surface area contributed by atoms with Crippen molar-refractivity contribution in [3.63, 3.8) is 0 Å². The maximum absolute atomic E-state index is 12.2. The van der Waals surface area contributed by atoms with Crippen molar-refractivity contribution in [2.75, 3.05) is 6.61 Å². The molecule has 7 heteroatoms. The van der Waals surface area contributed by atoms with Gasteiger partial charge in [0.2, 0.25) is 0 Å². The van der Waals surface area contributed by atoms with Crippen molar-refractivity contribution in [3.8, 4) is 0 Å². The Hall–Kier alpha value is -2.67. The summed E-state index contributed by atoms with van der Waals surface area (Å²) in [6, 6.07) is 9.67. The van der Waals surface area contributed by atoms with E-state index < -0.39 is 23.3 Å². The molecule has 0 spiro atoms. The third kappa shape index (κ3) is 3.30. The van der Waals surface area contributed by atoms with Gasteiger partial charge in [-0.25, -0.2) is 9.59 Å². The van der Waals surface area contributed by atoms with Crippen molar-refractivity contribution in [2.45, 2.75) is 25.0 Å². The van der Waals surface area contributed by atoms with E-state index in [0.29, 0.717) is 18.4 Å². The number of nitrogens with zero attached hydrogens (tertiary/aromatic N) is 1. The van der Waals surface area contributed by atoms with Crippen LogP contribution in [0, 0.1) is 5.92 Å². The van der Waals surface area contributed by atoms with Crippen LogP contribution >= 0.6 is 0 Å². The van der Waals surface area contributed by atoms with Crippen molar-refractivity contribution in [1.82, 2.24) is 9.55 Å². The summed E-state index contributed by atoms with van der Waals surface area (Å²) < 4.78 is 6.95. The molecule has 3 atom stereocenters. The van der Waals surface area contributed by atoms with E-state index in [1.54, 1.807) is 24.3 Å². The molecule has 0 saturated heterocycles. The SMILES string of the molecule is O=C(O[C@@H]1C[C@@H](n2ccc(=O)[nH]c2=O)C[C@H]1CO)c1ccccc1. The summed E-state index contributed by atoms with van der Waals surface area (Å²) in [5.74, 6) is -0.699. The van der Waals surface area contributed by atoms with Gasteiger partial charge in [0.1, 0.15) is 6.10 Å². The number of hydrogen-bond donors (Lipinski definition) is 2. The maximum atomic E-state index is 12.2. The molecule has 126 valence electrons. The first-order valence-corrected chi connectivity index (χ1v) is 7.77. The number of aliphatic hydroxyl groups is 1. The Bertz CT molecular complexity index is 827. The Morgan fingerprint density at radius 2 is 1.96 bits per heavy atom. The molecule has 0 amide bonds. The van der Waals surface area contributed by atoms with Crippen LogP contribution in [0.2, 0.25) is 0 Å². The third-order valence-corrected chi connectivity index (χ3v) is 4.35. The number of ether oxygens (including phenoxy) is 1. The molecule has 2 N–H and O–H groups in total. The lowest BCUT2D eigenvalue weighted by atomic mass is 10.1. The quantitative estimate of drug-likeness (QED) is 0.804. The van der Waals surface area contributed by atoms with Gasteiger partial charge in [-0.2, -0.15) is 0 Å². The first-order valence-electron chi connectivity index (χ1n) is 7.77. The zero-order valence-electron chi connectivity index (χ0n) is 12.9. The summed E-state index contributed by atoms with van der Waals surface area (Å²) in [5, 5.41) is 9.56. The molecule has 0 aliphatic heterocycles. The summed E-state index contributed by atoms with van der Waals surface area (Å²) in [6.07, 6.45) is 1.86. The fourth-order valence-corrected chi connectivity index (χ4v) is 3.12. The van der Waals surface area contributed by atoms with Gasteiger partial charge < -0.3 is 9.84 Å². The van der Waals surface area contributed by atoms with Gasteiger partial charge in [-0.1, -0.05) is 18.2 Å². The molecule has 1 heterocycles. The average Bonchev–Trinajstić information content (AvgIpc) is 2.98. The molecule has 2 aromatic rings. The Labute approximate surface area is 137 Å². The minimum Gasteiger partial charge on any atom is -0.458 e. The van der Waals surface area contributed by atoms with E-state index in [4.69, 9.17) is 4.74 Å². The van der Waals surface area contributed by atoms with Crippen molar-refractivity contribution < 1.29 is 14.6 Å². The van der Waals surface area contributed by atoms with E-state index >= 15 is 0 Å². The third-order valence-electron chi connectivity index (χ3n) is 4.35. The van der Waals surface area contributed by atoms with Crippen LogP contribution in [-0.4, -0.2) is 33.3 Å². The molecular weight excluding hydrogens is 312 g/mol. The van der Waals surface area contributed by atoms with Crippen LogP contribution in [0.5, 0.6) is 0 Å². The highest BCUT2D eigenvalue weighted by atomic mass is 16.5. The normalized spacial score (nSPS) is 23.1. The molecule has 24 heavy (non-hydrogen) atoms. The van der Waals surface area contributed by atoms with Crippen LogP contribution in [-0.2, 0) is 4.74 Å². The Balaban J connectivity index is 1.76. The molecular formula is C17H18N2O5. The van der Waals surface area contributed by atoms with Crippen molar-refractivity contribution >= 4 is 5.97 Å². The number of nitrogens with one attached hydrogen (secondary N) is 1. The summed E-state index contributed by atoms with van der Waals surface area (Å²) >= 11 is 0. The van der Waals surface area contributed by atoms with Gasteiger partial charge in [-0.15, -0.1) is 0 Å². The number of carbonyl (C=O) groups excluding carboxylic acids is 1. The van der Waals surface area contributed by atoms with Crippen LogP contribution in [0.4, 0.5) is 0 Å². The van der Waals surface area contributed by atoms with E-state index in [0.717, 1.165) is 0 Å². The molecule has 0 radical (unpaired) electrons. The van der Waals surface area contributed by atoms with Gasteiger partial charge in [-0.05, 0) is 18.6 Å².